The summed E-state index contributed by atoms with van der Waals surface area (Å²) >= 11 is 1.77. The molecule has 7 heteroatoms. The molecule has 4 N–H and O–H groups in total. The van der Waals surface area contributed by atoms with Crippen LogP contribution in [-0.4, -0.2) is 20.2 Å². The van der Waals surface area contributed by atoms with Crippen LogP contribution in [-0.2, 0) is 0 Å². The van der Waals surface area contributed by atoms with E-state index in [1.165, 1.54) is 15.0 Å². The maximum absolute atomic E-state index is 5.91. The maximum atomic E-state index is 5.91. The van der Waals surface area contributed by atoms with Gasteiger partial charge in [0.15, 0.2) is 0 Å². The zero-order chi connectivity index (χ0) is 20.0. The van der Waals surface area contributed by atoms with Crippen molar-refractivity contribution in [3.8, 4) is 10.4 Å². The Balaban J connectivity index is 1.61. The van der Waals surface area contributed by atoms with E-state index in [2.05, 4.69) is 81.8 Å². The molecule has 3 aromatic heterocycles. The summed E-state index contributed by atoms with van der Waals surface area (Å²) in [6.07, 6.45) is 1.84. The van der Waals surface area contributed by atoms with Gasteiger partial charge in [-0.15, -0.1) is 11.3 Å². The number of rotatable bonds is 4. The van der Waals surface area contributed by atoms with Crippen LogP contribution in [0.1, 0.15) is 25.5 Å². The second-order valence-electron chi connectivity index (χ2n) is 7.32. The highest BCUT2D eigenvalue weighted by atomic mass is 32.1. The number of hydrogen-bond donors (Lipinski definition) is 3. The largest absolute Gasteiger partial charge is 0.368 e. The molecule has 0 aliphatic rings. The minimum Gasteiger partial charge on any atom is -0.368 e. The molecule has 29 heavy (non-hydrogen) atoms. The second-order valence-corrected chi connectivity index (χ2v) is 8.41. The van der Waals surface area contributed by atoms with E-state index in [9.17, 15) is 0 Å². The van der Waals surface area contributed by atoms with Crippen molar-refractivity contribution < 1.29 is 0 Å². The summed E-state index contributed by atoms with van der Waals surface area (Å²) in [5.74, 6) is 1.23. The van der Waals surface area contributed by atoms with Crippen molar-refractivity contribution in [1.29, 1.82) is 0 Å². The summed E-state index contributed by atoms with van der Waals surface area (Å²) in [4.78, 5) is 9.86. The molecule has 0 radical (unpaired) electrons. The molecule has 0 amide bonds. The summed E-state index contributed by atoms with van der Waals surface area (Å²) < 4.78 is 1.26. The number of nitrogens with zero attached hydrogens (tertiary/aromatic N) is 3. The number of hydrogen-bond acceptors (Lipinski definition) is 6. The third-order valence-corrected chi connectivity index (χ3v) is 6.02. The molecule has 2 aromatic carbocycles. The van der Waals surface area contributed by atoms with E-state index in [0.29, 0.717) is 5.82 Å². The standard InChI is InChI=1S/C22H20N6S/c1-12(2)17-10-20(27-22(23)26-17)25-15-7-14-11-24-28-21(14)16(9-15)19-8-13-5-3-4-6-18(13)29-19/h3-12H,1-2H3,(H,24,28)(H3,23,25,26,27). The lowest BCUT2D eigenvalue weighted by atomic mass is 10.1. The minimum absolute atomic E-state index is 0.270. The number of benzene rings is 2. The van der Waals surface area contributed by atoms with Gasteiger partial charge in [-0.05, 0) is 35.6 Å². The van der Waals surface area contributed by atoms with Gasteiger partial charge in [-0.2, -0.15) is 10.1 Å². The molecule has 0 atom stereocenters. The summed E-state index contributed by atoms with van der Waals surface area (Å²) in [7, 11) is 0. The quantitative estimate of drug-likeness (QED) is 0.361. The van der Waals surface area contributed by atoms with Crippen LogP contribution in [0.3, 0.4) is 0 Å². The Bertz CT molecular complexity index is 1300. The van der Waals surface area contributed by atoms with Crippen LogP contribution in [0.4, 0.5) is 17.5 Å². The molecule has 0 saturated heterocycles. The molecule has 0 fully saturated rings. The molecule has 144 valence electrons. The molecule has 0 spiro atoms. The van der Waals surface area contributed by atoms with Crippen LogP contribution in [0.15, 0.2) is 54.7 Å². The van der Waals surface area contributed by atoms with Crippen molar-refractivity contribution >= 4 is 49.8 Å². The van der Waals surface area contributed by atoms with Crippen molar-refractivity contribution in [3.05, 3.63) is 60.4 Å². The molecule has 0 saturated carbocycles. The van der Waals surface area contributed by atoms with Gasteiger partial charge >= 0.3 is 0 Å². The number of nitrogens with one attached hydrogen (secondary N) is 2. The Kier molecular flexibility index (Phi) is 4.17. The number of aromatic amines is 1. The first kappa shape index (κ1) is 17.6. The summed E-state index contributed by atoms with van der Waals surface area (Å²) in [5.41, 5.74) is 9.88. The molecular formula is C22H20N6S. The molecule has 0 aliphatic carbocycles. The van der Waals surface area contributed by atoms with Gasteiger partial charge in [-0.25, -0.2) is 4.98 Å². The Labute approximate surface area is 171 Å². The lowest BCUT2D eigenvalue weighted by molar-refractivity contribution is 0.819. The van der Waals surface area contributed by atoms with Crippen LogP contribution in [0.25, 0.3) is 31.4 Å². The van der Waals surface area contributed by atoms with Gasteiger partial charge in [-0.1, -0.05) is 32.0 Å². The van der Waals surface area contributed by atoms with Crippen LogP contribution >= 0.6 is 11.3 Å². The Morgan fingerprint density at radius 1 is 1.03 bits per heavy atom. The number of H-pyrrole nitrogens is 1. The fourth-order valence-corrected chi connectivity index (χ4v) is 4.52. The van der Waals surface area contributed by atoms with Gasteiger partial charge in [0.2, 0.25) is 5.95 Å². The number of aromatic nitrogens is 4. The third kappa shape index (κ3) is 3.30. The van der Waals surface area contributed by atoms with Gasteiger partial charge in [0.05, 0.1) is 17.4 Å². The zero-order valence-electron chi connectivity index (χ0n) is 16.1. The van der Waals surface area contributed by atoms with Gasteiger partial charge in [0.25, 0.3) is 0 Å². The highest BCUT2D eigenvalue weighted by Crippen LogP contribution is 2.38. The highest BCUT2D eigenvalue weighted by molar-refractivity contribution is 7.22. The van der Waals surface area contributed by atoms with Crippen LogP contribution < -0.4 is 11.1 Å². The summed E-state index contributed by atoms with van der Waals surface area (Å²) in [6.45, 7) is 4.17. The van der Waals surface area contributed by atoms with E-state index in [1.807, 2.05) is 12.3 Å². The van der Waals surface area contributed by atoms with Crippen LogP contribution in [0.2, 0.25) is 0 Å². The number of nitrogen functional groups attached to an aromatic ring is 1. The number of thiophene rings is 1. The maximum Gasteiger partial charge on any atom is 0.222 e. The Morgan fingerprint density at radius 3 is 2.72 bits per heavy atom. The van der Waals surface area contributed by atoms with Crippen molar-refractivity contribution in [1.82, 2.24) is 20.2 Å². The monoisotopic (exact) mass is 400 g/mol. The molecule has 5 rings (SSSR count). The van der Waals surface area contributed by atoms with Gasteiger partial charge in [0, 0.05) is 32.3 Å². The summed E-state index contributed by atoms with van der Waals surface area (Å²) in [6, 6.07) is 16.8. The Morgan fingerprint density at radius 2 is 1.90 bits per heavy atom. The predicted molar refractivity (Wildman–Crippen MR) is 121 cm³/mol. The van der Waals surface area contributed by atoms with E-state index >= 15 is 0 Å². The second kappa shape index (κ2) is 6.86. The topological polar surface area (TPSA) is 92.5 Å². The van der Waals surface area contributed by atoms with E-state index in [-0.39, 0.29) is 11.9 Å². The van der Waals surface area contributed by atoms with Crippen LogP contribution in [0, 0.1) is 0 Å². The smallest absolute Gasteiger partial charge is 0.222 e. The lowest BCUT2D eigenvalue weighted by Crippen LogP contribution is -2.04. The van der Waals surface area contributed by atoms with E-state index in [1.54, 1.807) is 11.3 Å². The summed E-state index contributed by atoms with van der Waals surface area (Å²) in [5, 5.41) is 13.1. The molecule has 0 aliphatic heterocycles. The number of nitrogens with two attached hydrogens (primary N) is 1. The van der Waals surface area contributed by atoms with E-state index < -0.39 is 0 Å². The normalized spacial score (nSPS) is 11.6. The number of fused-ring (bicyclic) bond motifs is 2. The van der Waals surface area contributed by atoms with Gasteiger partial charge in [-0.3, -0.25) is 5.10 Å². The van der Waals surface area contributed by atoms with Crippen molar-refractivity contribution in [3.63, 3.8) is 0 Å². The van der Waals surface area contributed by atoms with E-state index in [0.717, 1.165) is 27.8 Å². The molecule has 6 nitrogen and oxygen atoms in total. The molecule has 3 heterocycles. The first-order valence-electron chi connectivity index (χ1n) is 9.44. The molecule has 0 bridgehead atoms. The average molecular weight is 401 g/mol. The predicted octanol–water partition coefficient (Wildman–Crippen LogP) is 5.68. The zero-order valence-corrected chi connectivity index (χ0v) is 16.9. The van der Waals surface area contributed by atoms with Crippen molar-refractivity contribution in [2.75, 3.05) is 11.1 Å². The Hall–Kier alpha value is -3.45. The third-order valence-electron chi connectivity index (χ3n) is 4.87. The van der Waals surface area contributed by atoms with Gasteiger partial charge < -0.3 is 11.1 Å². The number of anilines is 3. The van der Waals surface area contributed by atoms with E-state index in [4.69, 9.17) is 5.73 Å². The van der Waals surface area contributed by atoms with Crippen molar-refractivity contribution in [2.24, 2.45) is 0 Å². The van der Waals surface area contributed by atoms with Crippen LogP contribution in [0.5, 0.6) is 0 Å². The first-order chi connectivity index (χ1) is 14.1. The fourth-order valence-electron chi connectivity index (χ4n) is 3.43. The van der Waals surface area contributed by atoms with Gasteiger partial charge in [0.1, 0.15) is 5.82 Å². The first-order valence-corrected chi connectivity index (χ1v) is 10.3. The molecule has 0 unspecified atom stereocenters. The minimum atomic E-state index is 0.270. The lowest BCUT2D eigenvalue weighted by Gasteiger charge is -2.11. The highest BCUT2D eigenvalue weighted by Gasteiger charge is 2.13. The molecular weight excluding hydrogens is 380 g/mol. The SMILES string of the molecule is CC(C)c1cc(Nc2cc(-c3cc4ccccc4s3)c3[nH]ncc3c2)nc(N)n1. The fraction of sp³-hybridized carbons (Fsp3) is 0.136. The van der Waals surface area contributed by atoms with Crippen molar-refractivity contribution in [2.45, 2.75) is 19.8 Å². The average Bonchev–Trinajstić information content (AvgIpc) is 3.33. The molecule has 5 aromatic rings.